The Bertz CT molecular complexity index is 477. The molecule has 118 valence electrons. The maximum Gasteiger partial charge on any atom is 0.573 e. The van der Waals surface area contributed by atoms with Crippen LogP contribution in [0.1, 0.15) is 23.2 Å². The quantitative estimate of drug-likeness (QED) is 0.894. The van der Waals surface area contributed by atoms with Crippen molar-refractivity contribution < 1.29 is 22.7 Å². The fourth-order valence-electron chi connectivity index (χ4n) is 2.08. The molecule has 0 radical (unpaired) electrons. The van der Waals surface area contributed by atoms with Gasteiger partial charge < -0.3 is 15.4 Å². The van der Waals surface area contributed by atoms with E-state index in [-0.39, 0.29) is 24.0 Å². The number of hydrogen-bond donors (Lipinski definition) is 2. The maximum absolute atomic E-state index is 12.1. The average Bonchev–Trinajstić information content (AvgIpc) is 2.87. The van der Waals surface area contributed by atoms with Gasteiger partial charge >= 0.3 is 6.36 Å². The Morgan fingerprint density at radius 2 is 2.19 bits per heavy atom. The van der Waals surface area contributed by atoms with Gasteiger partial charge in [-0.3, -0.25) is 4.79 Å². The third kappa shape index (κ3) is 5.81. The summed E-state index contributed by atoms with van der Waals surface area (Å²) in [7, 11) is 0. The molecule has 1 aliphatic rings. The predicted molar refractivity (Wildman–Crippen MR) is 73.7 cm³/mol. The van der Waals surface area contributed by atoms with Crippen molar-refractivity contribution in [3.63, 3.8) is 0 Å². The van der Waals surface area contributed by atoms with Gasteiger partial charge in [-0.05, 0) is 37.6 Å². The van der Waals surface area contributed by atoms with Crippen molar-refractivity contribution in [3.8, 4) is 5.75 Å². The number of amides is 1. The molecule has 21 heavy (non-hydrogen) atoms. The molecule has 0 bridgehead atoms. The number of alkyl halides is 3. The lowest BCUT2D eigenvalue weighted by molar-refractivity contribution is -0.274. The number of hydrogen-bond acceptors (Lipinski definition) is 3. The van der Waals surface area contributed by atoms with Crippen molar-refractivity contribution in [1.29, 1.82) is 0 Å². The molecule has 0 spiro atoms. The standard InChI is InChI=1S/C13H15F3N2O2.ClH/c14-13(15,16)20-11-5-1-3-9(7-11)12(19)18-8-10-4-2-6-17-10;/h1,3,5,7,10,17H,2,4,6,8H2,(H,18,19);1H/t10-;/m1./s1. The SMILES string of the molecule is Cl.O=C(NC[C@H]1CCCN1)c1cccc(OC(F)(F)F)c1. The molecule has 0 aliphatic carbocycles. The first kappa shape index (κ1) is 17.6. The lowest BCUT2D eigenvalue weighted by Crippen LogP contribution is -2.37. The van der Waals surface area contributed by atoms with Crippen LogP contribution in [-0.2, 0) is 0 Å². The first-order chi connectivity index (χ1) is 9.44. The Labute approximate surface area is 126 Å². The van der Waals surface area contributed by atoms with E-state index in [1.165, 1.54) is 12.1 Å². The minimum Gasteiger partial charge on any atom is -0.406 e. The maximum atomic E-state index is 12.1. The number of nitrogens with one attached hydrogen (secondary N) is 2. The van der Waals surface area contributed by atoms with Crippen molar-refractivity contribution in [2.75, 3.05) is 13.1 Å². The molecule has 2 N–H and O–H groups in total. The molecule has 1 saturated heterocycles. The van der Waals surface area contributed by atoms with Gasteiger partial charge in [0.15, 0.2) is 0 Å². The zero-order valence-electron chi connectivity index (χ0n) is 11.1. The highest BCUT2D eigenvalue weighted by atomic mass is 35.5. The summed E-state index contributed by atoms with van der Waals surface area (Å²) in [6.45, 7) is 1.39. The van der Waals surface area contributed by atoms with E-state index in [1.54, 1.807) is 0 Å². The molecule has 1 heterocycles. The number of halogens is 4. The van der Waals surface area contributed by atoms with E-state index in [9.17, 15) is 18.0 Å². The number of benzene rings is 1. The van der Waals surface area contributed by atoms with Gasteiger partial charge in [-0.2, -0.15) is 0 Å². The molecule has 1 aliphatic heterocycles. The largest absolute Gasteiger partial charge is 0.573 e. The molecule has 1 aromatic rings. The Balaban J connectivity index is 0.00000220. The third-order valence-electron chi connectivity index (χ3n) is 3.00. The number of ether oxygens (including phenoxy) is 1. The zero-order valence-corrected chi connectivity index (χ0v) is 11.9. The molecule has 0 aromatic heterocycles. The monoisotopic (exact) mass is 324 g/mol. The van der Waals surface area contributed by atoms with Crippen LogP contribution in [0.5, 0.6) is 5.75 Å². The first-order valence-corrected chi connectivity index (χ1v) is 6.31. The van der Waals surface area contributed by atoms with Gasteiger partial charge in [0, 0.05) is 18.2 Å². The van der Waals surface area contributed by atoms with Crippen LogP contribution >= 0.6 is 12.4 Å². The molecule has 0 unspecified atom stereocenters. The molecular formula is C13H16ClF3N2O2. The summed E-state index contributed by atoms with van der Waals surface area (Å²) >= 11 is 0. The summed E-state index contributed by atoms with van der Waals surface area (Å²) in [6, 6.07) is 5.26. The summed E-state index contributed by atoms with van der Waals surface area (Å²) in [5.41, 5.74) is 0.143. The highest BCUT2D eigenvalue weighted by molar-refractivity contribution is 5.94. The van der Waals surface area contributed by atoms with Crippen LogP contribution in [0.15, 0.2) is 24.3 Å². The Morgan fingerprint density at radius 3 is 2.81 bits per heavy atom. The van der Waals surface area contributed by atoms with Gasteiger partial charge in [0.05, 0.1) is 0 Å². The molecule has 4 nitrogen and oxygen atoms in total. The molecule has 1 fully saturated rings. The first-order valence-electron chi connectivity index (χ1n) is 6.31. The van der Waals surface area contributed by atoms with E-state index < -0.39 is 18.0 Å². The molecule has 1 aromatic carbocycles. The topological polar surface area (TPSA) is 50.4 Å². The summed E-state index contributed by atoms with van der Waals surface area (Å²) in [5, 5.41) is 5.91. The number of carbonyl (C=O) groups is 1. The van der Waals surface area contributed by atoms with Gasteiger partial charge in [0.1, 0.15) is 5.75 Å². The Hall–Kier alpha value is -1.47. The molecule has 2 rings (SSSR count). The second-order valence-corrected chi connectivity index (χ2v) is 4.58. The average molecular weight is 325 g/mol. The highest BCUT2D eigenvalue weighted by Gasteiger charge is 2.31. The van der Waals surface area contributed by atoms with Gasteiger partial charge in [-0.15, -0.1) is 25.6 Å². The van der Waals surface area contributed by atoms with Crippen LogP contribution in [0.3, 0.4) is 0 Å². The van der Waals surface area contributed by atoms with Crippen molar-refractivity contribution in [2.24, 2.45) is 0 Å². The minimum absolute atomic E-state index is 0. The lowest BCUT2D eigenvalue weighted by Gasteiger charge is -2.12. The lowest BCUT2D eigenvalue weighted by atomic mass is 10.2. The summed E-state index contributed by atoms with van der Waals surface area (Å²) < 4.78 is 40.1. The fraction of sp³-hybridized carbons (Fsp3) is 0.462. The van der Waals surface area contributed by atoms with Crippen molar-refractivity contribution in [3.05, 3.63) is 29.8 Å². The normalized spacial score (nSPS) is 18.0. The zero-order chi connectivity index (χ0) is 14.6. The summed E-state index contributed by atoms with van der Waals surface area (Å²) in [5.74, 6) is -0.810. The van der Waals surface area contributed by atoms with Gasteiger partial charge in [-0.25, -0.2) is 0 Å². The van der Waals surface area contributed by atoms with E-state index in [0.29, 0.717) is 6.54 Å². The van der Waals surface area contributed by atoms with Crippen LogP contribution in [-0.4, -0.2) is 31.4 Å². The van der Waals surface area contributed by atoms with Gasteiger partial charge in [0.2, 0.25) is 0 Å². The van der Waals surface area contributed by atoms with Crippen LogP contribution in [0.25, 0.3) is 0 Å². The molecule has 1 atom stereocenters. The predicted octanol–water partition coefficient (Wildman–Crippen LogP) is 2.49. The Morgan fingerprint density at radius 1 is 1.43 bits per heavy atom. The number of rotatable bonds is 4. The number of carbonyl (C=O) groups excluding carboxylic acids is 1. The second kappa shape index (κ2) is 7.51. The van der Waals surface area contributed by atoms with Gasteiger partial charge in [-0.1, -0.05) is 6.07 Å². The third-order valence-corrected chi connectivity index (χ3v) is 3.00. The van der Waals surface area contributed by atoms with Crippen LogP contribution in [0, 0.1) is 0 Å². The molecule has 1 amide bonds. The van der Waals surface area contributed by atoms with Gasteiger partial charge in [0.25, 0.3) is 5.91 Å². The van der Waals surface area contributed by atoms with E-state index >= 15 is 0 Å². The van der Waals surface area contributed by atoms with Crippen molar-refractivity contribution in [2.45, 2.75) is 25.2 Å². The van der Waals surface area contributed by atoms with Crippen molar-refractivity contribution in [1.82, 2.24) is 10.6 Å². The minimum atomic E-state index is -4.76. The van der Waals surface area contributed by atoms with Crippen LogP contribution in [0.4, 0.5) is 13.2 Å². The summed E-state index contributed by atoms with van der Waals surface area (Å²) in [6.07, 6.45) is -2.71. The molecule has 0 saturated carbocycles. The van der Waals surface area contributed by atoms with E-state index in [1.807, 2.05) is 0 Å². The van der Waals surface area contributed by atoms with E-state index in [4.69, 9.17) is 0 Å². The molecule has 8 heteroatoms. The van der Waals surface area contributed by atoms with Crippen molar-refractivity contribution >= 4 is 18.3 Å². The Kier molecular flexibility index (Phi) is 6.29. The second-order valence-electron chi connectivity index (χ2n) is 4.58. The smallest absolute Gasteiger partial charge is 0.406 e. The van der Waals surface area contributed by atoms with Crippen LogP contribution < -0.4 is 15.4 Å². The summed E-state index contributed by atoms with van der Waals surface area (Å²) in [4.78, 5) is 11.8. The van der Waals surface area contributed by atoms with E-state index in [2.05, 4.69) is 15.4 Å². The molecular weight excluding hydrogens is 309 g/mol. The van der Waals surface area contributed by atoms with E-state index in [0.717, 1.165) is 31.5 Å². The fourth-order valence-corrected chi connectivity index (χ4v) is 2.08. The highest BCUT2D eigenvalue weighted by Crippen LogP contribution is 2.23. The van der Waals surface area contributed by atoms with Crippen LogP contribution in [0.2, 0.25) is 0 Å².